The lowest BCUT2D eigenvalue weighted by Gasteiger charge is -2.21. The van der Waals surface area contributed by atoms with E-state index in [1.165, 1.54) is 12.1 Å². The Morgan fingerprint density at radius 2 is 1.71 bits per heavy atom. The van der Waals surface area contributed by atoms with E-state index in [9.17, 15) is 8.28 Å². The average molecular weight is 399 g/mol. The first kappa shape index (κ1) is 18.5. The van der Waals surface area contributed by atoms with Gasteiger partial charge in [0.2, 0.25) is 0 Å². The maximum Gasteiger partial charge on any atom is 0.187 e. The molecular weight excluding hydrogens is 380 g/mol. The van der Waals surface area contributed by atoms with Gasteiger partial charge in [0, 0.05) is 34.6 Å². The molecule has 0 amide bonds. The minimum absolute atomic E-state index is 0.0126. The monoisotopic (exact) mass is 399 g/mol. The number of fused-ring (bicyclic) bond motifs is 1. The fourth-order valence-corrected chi connectivity index (χ4v) is 3.29. The summed E-state index contributed by atoms with van der Waals surface area (Å²) in [5.41, 5.74) is 3.56. The lowest BCUT2D eigenvalue weighted by molar-refractivity contribution is 0.628. The summed E-state index contributed by atoms with van der Waals surface area (Å²) in [6, 6.07) is 9.82. The van der Waals surface area contributed by atoms with Gasteiger partial charge >= 0.3 is 0 Å². The summed E-state index contributed by atoms with van der Waals surface area (Å²) < 4.78 is 29.6. The van der Waals surface area contributed by atoms with Crippen LogP contribution in [0.15, 0.2) is 55.0 Å². The standard InChI is InChI=1S/C20H19F2N5S/c1-20(2,3)24-18-10-23-17-9-6-14(11-26(17)18)16-12-27(28-22)25-19(16)13-4-7-15(21)8-5-13/h4-12,24H,1-3H3. The van der Waals surface area contributed by atoms with Crippen molar-refractivity contribution < 1.29 is 8.28 Å². The highest BCUT2D eigenvalue weighted by Crippen LogP contribution is 2.33. The SMILES string of the molecule is CC(C)(C)Nc1cnc2ccc(-c3cn(SF)nc3-c3ccc(F)cc3)cn12. The molecule has 0 aliphatic heterocycles. The van der Waals surface area contributed by atoms with Gasteiger partial charge in [-0.1, -0.05) is 0 Å². The van der Waals surface area contributed by atoms with Gasteiger partial charge in [0.1, 0.15) is 23.0 Å². The highest BCUT2D eigenvalue weighted by Gasteiger charge is 2.17. The third-order valence-electron chi connectivity index (χ3n) is 4.20. The van der Waals surface area contributed by atoms with Gasteiger partial charge in [0.25, 0.3) is 0 Å². The Kier molecular flexibility index (Phi) is 4.58. The van der Waals surface area contributed by atoms with Gasteiger partial charge in [-0.3, -0.25) is 4.40 Å². The van der Waals surface area contributed by atoms with Crippen molar-refractivity contribution in [1.29, 1.82) is 0 Å². The number of imidazole rings is 1. The lowest BCUT2D eigenvalue weighted by atomic mass is 10.0. The molecule has 0 fully saturated rings. The van der Waals surface area contributed by atoms with E-state index >= 15 is 0 Å². The Labute approximate surface area is 165 Å². The molecule has 5 nitrogen and oxygen atoms in total. The second-order valence-electron chi connectivity index (χ2n) is 7.53. The van der Waals surface area contributed by atoms with E-state index in [2.05, 4.69) is 36.2 Å². The molecule has 0 spiro atoms. The zero-order valence-electron chi connectivity index (χ0n) is 15.6. The van der Waals surface area contributed by atoms with Crippen molar-refractivity contribution in [3.8, 4) is 22.4 Å². The van der Waals surface area contributed by atoms with Crippen LogP contribution in [-0.2, 0) is 0 Å². The summed E-state index contributed by atoms with van der Waals surface area (Å²) in [4.78, 5) is 4.42. The van der Waals surface area contributed by atoms with Crippen LogP contribution in [0.25, 0.3) is 28.0 Å². The second-order valence-corrected chi connectivity index (χ2v) is 8.05. The van der Waals surface area contributed by atoms with Crippen LogP contribution < -0.4 is 5.32 Å². The molecule has 0 aliphatic carbocycles. The fraction of sp³-hybridized carbons (Fsp3) is 0.200. The average Bonchev–Trinajstić information content (AvgIpc) is 3.25. The molecule has 0 aliphatic rings. The molecule has 4 rings (SSSR count). The number of nitrogens with one attached hydrogen (secondary N) is 1. The van der Waals surface area contributed by atoms with Crippen molar-refractivity contribution in [2.45, 2.75) is 26.3 Å². The predicted molar refractivity (Wildman–Crippen MR) is 109 cm³/mol. The molecule has 0 saturated carbocycles. The van der Waals surface area contributed by atoms with E-state index in [1.54, 1.807) is 24.5 Å². The molecule has 8 heteroatoms. The number of anilines is 1. The first-order valence-corrected chi connectivity index (χ1v) is 9.42. The van der Waals surface area contributed by atoms with Gasteiger partial charge in [0.15, 0.2) is 12.3 Å². The van der Waals surface area contributed by atoms with Gasteiger partial charge in [0.05, 0.1) is 6.20 Å². The molecule has 1 aromatic carbocycles. The van der Waals surface area contributed by atoms with Gasteiger partial charge in [-0.15, -0.1) is 3.89 Å². The van der Waals surface area contributed by atoms with Crippen molar-refractivity contribution in [3.05, 3.63) is 60.8 Å². The van der Waals surface area contributed by atoms with E-state index in [1.807, 2.05) is 22.7 Å². The van der Waals surface area contributed by atoms with Gasteiger partial charge < -0.3 is 5.32 Å². The fourth-order valence-electron chi connectivity index (χ4n) is 3.04. The molecule has 1 N–H and O–H groups in total. The Morgan fingerprint density at radius 1 is 1.00 bits per heavy atom. The summed E-state index contributed by atoms with van der Waals surface area (Å²) in [6.45, 7) is 6.22. The summed E-state index contributed by atoms with van der Waals surface area (Å²) in [5.74, 6) is 0.530. The molecule has 28 heavy (non-hydrogen) atoms. The molecule has 0 unspecified atom stereocenters. The van der Waals surface area contributed by atoms with E-state index in [4.69, 9.17) is 0 Å². The van der Waals surface area contributed by atoms with Crippen LogP contribution in [0.4, 0.5) is 14.1 Å². The third kappa shape index (κ3) is 3.60. The smallest absolute Gasteiger partial charge is 0.187 e. The van der Waals surface area contributed by atoms with Crippen LogP contribution in [0.1, 0.15) is 20.8 Å². The Hall–Kier alpha value is -2.87. The van der Waals surface area contributed by atoms with Crippen molar-refractivity contribution in [1.82, 2.24) is 18.6 Å². The van der Waals surface area contributed by atoms with Crippen LogP contribution in [0.5, 0.6) is 0 Å². The van der Waals surface area contributed by atoms with Crippen LogP contribution in [0, 0.1) is 5.82 Å². The number of benzene rings is 1. The first-order chi connectivity index (χ1) is 13.3. The number of aromatic nitrogens is 4. The molecule has 0 bridgehead atoms. The molecule has 0 radical (unpaired) electrons. The lowest BCUT2D eigenvalue weighted by Crippen LogP contribution is -2.26. The molecule has 0 saturated heterocycles. The quantitative estimate of drug-likeness (QED) is 0.486. The number of hydrogen-bond donors (Lipinski definition) is 1. The van der Waals surface area contributed by atoms with Crippen molar-refractivity contribution >= 4 is 23.8 Å². The van der Waals surface area contributed by atoms with Crippen molar-refractivity contribution in [3.63, 3.8) is 0 Å². The predicted octanol–water partition coefficient (Wildman–Crippen LogP) is 5.60. The topological polar surface area (TPSA) is 47.2 Å². The number of nitrogens with zero attached hydrogens (tertiary/aromatic N) is 4. The maximum atomic E-state index is 13.3. The molecule has 0 atom stereocenters. The van der Waals surface area contributed by atoms with Crippen LogP contribution >= 0.6 is 12.3 Å². The minimum Gasteiger partial charge on any atom is -0.365 e. The van der Waals surface area contributed by atoms with Crippen LogP contribution in [-0.4, -0.2) is 24.1 Å². The summed E-state index contributed by atoms with van der Waals surface area (Å²) in [5, 5.41) is 7.72. The molecular formula is C20H19F2N5S. The zero-order chi connectivity index (χ0) is 19.9. The normalized spacial score (nSPS) is 11.9. The summed E-state index contributed by atoms with van der Waals surface area (Å²) in [6.07, 6.45) is 5.35. The Morgan fingerprint density at radius 3 is 2.39 bits per heavy atom. The van der Waals surface area contributed by atoms with Gasteiger partial charge in [-0.2, -0.15) is 9.19 Å². The van der Waals surface area contributed by atoms with E-state index in [0.717, 1.165) is 26.7 Å². The summed E-state index contributed by atoms with van der Waals surface area (Å²) in [7, 11) is 0. The highest BCUT2D eigenvalue weighted by atomic mass is 32.2. The van der Waals surface area contributed by atoms with E-state index < -0.39 is 0 Å². The number of halogens is 2. The maximum absolute atomic E-state index is 13.3. The number of hydrogen-bond acceptors (Lipinski definition) is 4. The van der Waals surface area contributed by atoms with Crippen molar-refractivity contribution in [2.24, 2.45) is 0 Å². The molecule has 144 valence electrons. The number of pyridine rings is 1. The minimum atomic E-state index is -0.331. The molecule has 3 aromatic heterocycles. The molecule has 4 aromatic rings. The zero-order valence-corrected chi connectivity index (χ0v) is 16.5. The highest BCUT2D eigenvalue weighted by molar-refractivity contribution is 7.92. The third-order valence-corrected chi connectivity index (χ3v) is 4.53. The van der Waals surface area contributed by atoms with E-state index in [-0.39, 0.29) is 23.7 Å². The van der Waals surface area contributed by atoms with Crippen LogP contribution in [0.3, 0.4) is 0 Å². The second kappa shape index (κ2) is 6.94. The van der Waals surface area contributed by atoms with Gasteiger partial charge in [-0.05, 0) is 57.2 Å². The Balaban J connectivity index is 1.84. The van der Waals surface area contributed by atoms with Crippen LogP contribution in [0.2, 0.25) is 0 Å². The number of rotatable bonds is 4. The Bertz CT molecular complexity index is 1130. The van der Waals surface area contributed by atoms with Gasteiger partial charge in [-0.25, -0.2) is 9.37 Å². The van der Waals surface area contributed by atoms with Crippen molar-refractivity contribution in [2.75, 3.05) is 5.32 Å². The molecule has 3 heterocycles. The first-order valence-electron chi connectivity index (χ1n) is 8.74. The summed E-state index contributed by atoms with van der Waals surface area (Å²) >= 11 is 0.0126. The van der Waals surface area contributed by atoms with E-state index in [0.29, 0.717) is 11.3 Å². The largest absolute Gasteiger partial charge is 0.365 e.